The van der Waals surface area contributed by atoms with Gasteiger partial charge in [-0.05, 0) is 41.3 Å². The van der Waals surface area contributed by atoms with E-state index in [2.05, 4.69) is 15.7 Å². The van der Waals surface area contributed by atoms with Gasteiger partial charge in [-0.2, -0.15) is 0 Å². The van der Waals surface area contributed by atoms with Crippen LogP contribution in [0.1, 0.15) is 18.9 Å². The van der Waals surface area contributed by atoms with E-state index < -0.39 is 48.7 Å². The number of hydrogen-bond acceptors (Lipinski definition) is 6. The Morgan fingerprint density at radius 2 is 1.94 bits per heavy atom. The third-order valence-corrected chi connectivity index (χ3v) is 5.33. The maximum Gasteiger partial charge on any atom is 0.412 e. The van der Waals surface area contributed by atoms with E-state index >= 15 is 0 Å². The molecule has 0 bridgehead atoms. The lowest BCUT2D eigenvalue weighted by molar-refractivity contribution is -0.143. The van der Waals surface area contributed by atoms with Crippen LogP contribution in [0.3, 0.4) is 0 Å². The average molecular weight is 507 g/mol. The third kappa shape index (κ3) is 7.08. The Morgan fingerprint density at radius 3 is 2.66 bits per heavy atom. The molecule has 0 aliphatic heterocycles. The molecule has 0 unspecified atom stereocenters. The molecule has 0 fully saturated rings. The van der Waals surface area contributed by atoms with Gasteiger partial charge in [0.1, 0.15) is 24.1 Å². The maximum absolute atomic E-state index is 13.7. The van der Waals surface area contributed by atoms with Crippen molar-refractivity contribution >= 4 is 46.2 Å². The number of halogens is 3. The number of hydrogen-bond donors (Lipinski definition) is 3. The van der Waals surface area contributed by atoms with Crippen LogP contribution >= 0.6 is 11.6 Å². The summed E-state index contributed by atoms with van der Waals surface area (Å²) in [6.45, 7) is 0.618. The lowest BCUT2D eigenvalue weighted by atomic mass is 10.2. The van der Waals surface area contributed by atoms with Crippen molar-refractivity contribution in [2.75, 3.05) is 11.9 Å². The van der Waals surface area contributed by atoms with Gasteiger partial charge in [0.15, 0.2) is 0 Å². The van der Waals surface area contributed by atoms with Gasteiger partial charge in [0.05, 0.1) is 17.5 Å². The quantitative estimate of drug-likeness (QED) is 0.373. The van der Waals surface area contributed by atoms with Crippen LogP contribution in [0.4, 0.5) is 19.4 Å². The van der Waals surface area contributed by atoms with Crippen molar-refractivity contribution in [3.8, 4) is 0 Å². The van der Waals surface area contributed by atoms with Gasteiger partial charge in [-0.25, -0.2) is 24.0 Å². The number of pyridine rings is 1. The molecule has 9 nitrogen and oxygen atoms in total. The van der Waals surface area contributed by atoms with Crippen LogP contribution in [0, 0.1) is 11.6 Å². The highest BCUT2D eigenvalue weighted by molar-refractivity contribution is 6.31. The van der Waals surface area contributed by atoms with E-state index in [1.807, 2.05) is 0 Å². The van der Waals surface area contributed by atoms with Gasteiger partial charge in [0.25, 0.3) is 0 Å². The summed E-state index contributed by atoms with van der Waals surface area (Å²) in [5, 5.41) is 13.7. The molecule has 3 aromatic rings. The molecule has 184 valence electrons. The number of fused-ring (bicyclic) bond motifs is 1. The maximum atomic E-state index is 13.7. The highest BCUT2D eigenvalue weighted by atomic mass is 35.5. The van der Waals surface area contributed by atoms with Gasteiger partial charge in [-0.3, -0.25) is 19.9 Å². The number of carboxylic acids is 1. The van der Waals surface area contributed by atoms with E-state index in [9.17, 15) is 28.3 Å². The summed E-state index contributed by atoms with van der Waals surface area (Å²) in [5.74, 6) is -2.82. The van der Waals surface area contributed by atoms with E-state index in [-0.39, 0.29) is 17.4 Å². The Hall–Kier alpha value is -3.83. The fraction of sp³-hybridized carbons (Fsp3) is 0.217. The first-order chi connectivity index (χ1) is 16.6. The molecule has 0 saturated heterocycles. The molecule has 1 atom stereocenters. The van der Waals surface area contributed by atoms with Crippen LogP contribution in [0.5, 0.6) is 0 Å². The molecule has 0 aliphatic carbocycles. The highest BCUT2D eigenvalue weighted by Crippen LogP contribution is 2.20. The lowest BCUT2D eigenvalue weighted by Gasteiger charge is -2.30. The molecule has 12 heteroatoms. The van der Waals surface area contributed by atoms with Crippen molar-refractivity contribution in [1.82, 2.24) is 15.4 Å². The van der Waals surface area contributed by atoms with Gasteiger partial charge in [-0.15, -0.1) is 0 Å². The van der Waals surface area contributed by atoms with Crippen LogP contribution in [0.2, 0.25) is 5.02 Å². The highest BCUT2D eigenvalue weighted by Gasteiger charge is 2.26. The van der Waals surface area contributed by atoms with E-state index in [0.29, 0.717) is 16.3 Å². The zero-order valence-electron chi connectivity index (χ0n) is 18.4. The largest absolute Gasteiger partial charge is 0.481 e. The smallest absolute Gasteiger partial charge is 0.412 e. The van der Waals surface area contributed by atoms with E-state index in [1.165, 1.54) is 55.6 Å². The number of carbonyl (C=O) groups excluding carboxylic acids is 2. The Kier molecular flexibility index (Phi) is 8.50. The first-order valence-corrected chi connectivity index (χ1v) is 10.7. The number of carboxylic acid groups (broad SMARTS) is 1. The summed E-state index contributed by atoms with van der Waals surface area (Å²) in [6.07, 6.45) is -0.0683. The van der Waals surface area contributed by atoms with Crippen LogP contribution in [0.25, 0.3) is 10.8 Å². The van der Waals surface area contributed by atoms with Gasteiger partial charge in [0.2, 0.25) is 5.91 Å². The Bertz CT molecular complexity index is 1260. The van der Waals surface area contributed by atoms with Gasteiger partial charge < -0.3 is 9.84 Å². The number of aliphatic carboxylic acids is 1. The molecule has 0 saturated carbocycles. The second-order valence-corrected chi connectivity index (χ2v) is 7.85. The lowest BCUT2D eigenvalue weighted by Crippen LogP contribution is -2.51. The fourth-order valence-electron chi connectivity index (χ4n) is 3.27. The molecule has 2 aromatic carbocycles. The number of benzene rings is 2. The van der Waals surface area contributed by atoms with Gasteiger partial charge in [0, 0.05) is 25.1 Å². The Morgan fingerprint density at radius 1 is 1.17 bits per heavy atom. The predicted molar refractivity (Wildman–Crippen MR) is 123 cm³/mol. The average Bonchev–Trinajstić information content (AvgIpc) is 2.79. The first-order valence-electron chi connectivity index (χ1n) is 10.3. The summed E-state index contributed by atoms with van der Waals surface area (Å²) in [6, 6.07) is 8.60. The molecule has 3 N–H and O–H groups in total. The SMILES string of the molecule is CC(=O)N(NCc1cccc(F)c1Cl)[C@H](COC(=O)Nc1cc2cc(F)ccc2cn1)CC(=O)O. The van der Waals surface area contributed by atoms with Crippen LogP contribution in [0.15, 0.2) is 48.7 Å². The van der Waals surface area contributed by atoms with Gasteiger partial charge >= 0.3 is 12.1 Å². The number of ether oxygens (including phenoxy) is 1. The second-order valence-electron chi connectivity index (χ2n) is 7.47. The summed E-state index contributed by atoms with van der Waals surface area (Å²) in [7, 11) is 0. The monoisotopic (exact) mass is 506 g/mol. The topological polar surface area (TPSA) is 121 Å². The van der Waals surface area contributed by atoms with E-state index in [4.69, 9.17) is 16.3 Å². The van der Waals surface area contributed by atoms with Crippen LogP contribution in [-0.2, 0) is 20.9 Å². The molecular formula is C23H21ClF2N4O5. The van der Waals surface area contributed by atoms with Crippen molar-refractivity contribution in [2.45, 2.75) is 25.9 Å². The number of rotatable bonds is 9. The van der Waals surface area contributed by atoms with Crippen molar-refractivity contribution in [3.63, 3.8) is 0 Å². The molecule has 3 rings (SSSR count). The van der Waals surface area contributed by atoms with E-state index in [0.717, 1.165) is 5.01 Å². The van der Waals surface area contributed by atoms with Crippen molar-refractivity contribution in [2.24, 2.45) is 0 Å². The summed E-state index contributed by atoms with van der Waals surface area (Å²) in [5.41, 5.74) is 3.06. The summed E-state index contributed by atoms with van der Waals surface area (Å²) >= 11 is 5.93. The molecule has 1 heterocycles. The van der Waals surface area contributed by atoms with Crippen molar-refractivity contribution in [3.05, 3.63) is 70.9 Å². The molecule has 0 spiro atoms. The van der Waals surface area contributed by atoms with Crippen molar-refractivity contribution < 1.29 is 33.0 Å². The number of nitrogens with zero attached hydrogens (tertiary/aromatic N) is 2. The number of anilines is 1. The number of hydrazine groups is 1. The minimum absolute atomic E-state index is 0.0872. The zero-order chi connectivity index (χ0) is 25.5. The molecule has 0 radical (unpaired) electrons. The minimum atomic E-state index is -1.24. The normalized spacial score (nSPS) is 11.7. The minimum Gasteiger partial charge on any atom is -0.481 e. The fourth-order valence-corrected chi connectivity index (χ4v) is 3.46. The number of aromatic nitrogens is 1. The molecule has 0 aliphatic rings. The Labute approximate surface area is 203 Å². The number of carbonyl (C=O) groups is 3. The second kappa shape index (κ2) is 11.5. The van der Waals surface area contributed by atoms with Gasteiger partial charge in [-0.1, -0.05) is 23.7 Å². The number of nitrogens with one attached hydrogen (secondary N) is 2. The molecule has 1 aromatic heterocycles. The third-order valence-electron chi connectivity index (χ3n) is 4.91. The van der Waals surface area contributed by atoms with E-state index in [1.54, 1.807) is 0 Å². The summed E-state index contributed by atoms with van der Waals surface area (Å²) in [4.78, 5) is 39.9. The first kappa shape index (κ1) is 25.8. The predicted octanol–water partition coefficient (Wildman–Crippen LogP) is 4.11. The van der Waals surface area contributed by atoms with Crippen molar-refractivity contribution in [1.29, 1.82) is 0 Å². The standard InChI is InChI=1S/C23H21ClF2N4O5/c1-13(31)30(28-11-15-3-2-4-19(26)22(15)24)18(9-21(32)33)12-35-23(34)29-20-8-16-7-17(25)6-5-14(16)10-27-20/h2-8,10,18,28H,9,11-12H2,1H3,(H,32,33)(H,27,29,34)/t18-/m0/s1. The molecule has 2 amide bonds. The molecular weight excluding hydrogens is 486 g/mol. The van der Waals surface area contributed by atoms with Crippen LogP contribution in [-0.4, -0.2) is 45.7 Å². The number of amides is 2. The zero-order valence-corrected chi connectivity index (χ0v) is 19.2. The Balaban J connectivity index is 1.67. The van der Waals surface area contributed by atoms with Crippen LogP contribution < -0.4 is 10.7 Å². The molecule has 35 heavy (non-hydrogen) atoms. The summed E-state index contributed by atoms with van der Waals surface area (Å²) < 4.78 is 32.3.